The van der Waals surface area contributed by atoms with Gasteiger partial charge in [-0.25, -0.2) is 0 Å². The molecule has 0 radical (unpaired) electrons. The van der Waals surface area contributed by atoms with E-state index in [1.165, 1.54) is 38.5 Å². The van der Waals surface area contributed by atoms with Crippen molar-refractivity contribution < 1.29 is 4.74 Å². The van der Waals surface area contributed by atoms with Crippen molar-refractivity contribution in [3.05, 3.63) is 0 Å². The Kier molecular flexibility index (Phi) is 4.45. The van der Waals surface area contributed by atoms with Crippen LogP contribution < -0.4 is 5.73 Å². The number of rotatable bonds is 6. The maximum atomic E-state index is 6.16. The molecule has 2 aliphatic rings. The van der Waals surface area contributed by atoms with Crippen molar-refractivity contribution in [1.29, 1.82) is 0 Å². The minimum atomic E-state index is 0.275. The van der Waals surface area contributed by atoms with Gasteiger partial charge in [-0.15, -0.1) is 0 Å². The van der Waals surface area contributed by atoms with Crippen LogP contribution in [0.2, 0.25) is 0 Å². The van der Waals surface area contributed by atoms with Gasteiger partial charge in [0.05, 0.1) is 6.61 Å². The lowest BCUT2D eigenvalue weighted by Crippen LogP contribution is -2.57. The van der Waals surface area contributed by atoms with Gasteiger partial charge in [-0.2, -0.15) is 0 Å². The molecule has 3 heteroatoms. The van der Waals surface area contributed by atoms with E-state index < -0.39 is 0 Å². The minimum absolute atomic E-state index is 0.275. The van der Waals surface area contributed by atoms with Gasteiger partial charge >= 0.3 is 0 Å². The number of nitrogens with two attached hydrogens (primary N) is 1. The molecule has 2 unspecified atom stereocenters. The Morgan fingerprint density at radius 1 is 1.35 bits per heavy atom. The summed E-state index contributed by atoms with van der Waals surface area (Å²) >= 11 is 0. The Morgan fingerprint density at radius 3 is 2.65 bits per heavy atom. The first kappa shape index (κ1) is 13.3. The van der Waals surface area contributed by atoms with Gasteiger partial charge in [0.2, 0.25) is 0 Å². The first-order valence-electron chi connectivity index (χ1n) is 7.17. The number of ether oxygens (including phenoxy) is 1. The van der Waals surface area contributed by atoms with Crippen LogP contribution in [0.25, 0.3) is 0 Å². The molecule has 3 nitrogen and oxygen atoms in total. The van der Waals surface area contributed by atoms with Gasteiger partial charge in [-0.05, 0) is 31.6 Å². The zero-order valence-corrected chi connectivity index (χ0v) is 11.5. The lowest BCUT2D eigenvalue weighted by atomic mass is 9.75. The van der Waals surface area contributed by atoms with Crippen LogP contribution >= 0.6 is 0 Å². The molecule has 0 spiro atoms. The summed E-state index contributed by atoms with van der Waals surface area (Å²) in [6.45, 7) is 5.10. The third kappa shape index (κ3) is 3.01. The van der Waals surface area contributed by atoms with E-state index in [2.05, 4.69) is 11.8 Å². The summed E-state index contributed by atoms with van der Waals surface area (Å²) in [6.07, 6.45) is 8.01. The Bertz CT molecular complexity index is 242. The SMILES string of the molecule is COCCN(C1CC1)C1(CN)CCCC(C)C1. The summed E-state index contributed by atoms with van der Waals surface area (Å²) in [4.78, 5) is 2.69. The second-order valence-corrected chi connectivity index (χ2v) is 6.05. The van der Waals surface area contributed by atoms with E-state index in [0.29, 0.717) is 0 Å². The first-order chi connectivity index (χ1) is 8.22. The molecule has 2 N–H and O–H groups in total. The van der Waals surface area contributed by atoms with Crippen LogP contribution in [0, 0.1) is 5.92 Å². The molecule has 0 bridgehead atoms. The van der Waals surface area contributed by atoms with E-state index in [4.69, 9.17) is 10.5 Å². The highest BCUT2D eigenvalue weighted by molar-refractivity contribution is 5.01. The van der Waals surface area contributed by atoms with Crippen molar-refractivity contribution in [3.8, 4) is 0 Å². The first-order valence-corrected chi connectivity index (χ1v) is 7.17. The summed E-state index contributed by atoms with van der Waals surface area (Å²) in [5, 5.41) is 0. The standard InChI is InChI=1S/C14H28N2O/c1-12-4-3-7-14(10-12,11-15)16(8-9-17-2)13-5-6-13/h12-13H,3-11,15H2,1-2H3. The molecule has 2 aliphatic carbocycles. The maximum absolute atomic E-state index is 6.16. The zero-order chi connectivity index (χ0) is 12.3. The Morgan fingerprint density at radius 2 is 2.12 bits per heavy atom. The van der Waals surface area contributed by atoms with Crippen LogP contribution in [0.3, 0.4) is 0 Å². The van der Waals surface area contributed by atoms with Crippen molar-refractivity contribution in [2.45, 2.75) is 57.0 Å². The molecule has 0 aliphatic heterocycles. The van der Waals surface area contributed by atoms with E-state index in [9.17, 15) is 0 Å². The van der Waals surface area contributed by atoms with Crippen molar-refractivity contribution in [2.75, 3.05) is 26.8 Å². The molecule has 0 aromatic heterocycles. The van der Waals surface area contributed by atoms with E-state index in [1.807, 2.05) is 0 Å². The zero-order valence-electron chi connectivity index (χ0n) is 11.5. The second-order valence-electron chi connectivity index (χ2n) is 6.05. The molecule has 17 heavy (non-hydrogen) atoms. The molecule has 2 fully saturated rings. The van der Waals surface area contributed by atoms with Crippen molar-refractivity contribution >= 4 is 0 Å². The van der Waals surface area contributed by atoms with Crippen LogP contribution in [0.5, 0.6) is 0 Å². The van der Waals surface area contributed by atoms with Gasteiger partial charge in [0.15, 0.2) is 0 Å². The number of methoxy groups -OCH3 is 1. The summed E-state index contributed by atoms with van der Waals surface area (Å²) < 4.78 is 5.27. The smallest absolute Gasteiger partial charge is 0.0590 e. The highest BCUT2D eigenvalue weighted by Crippen LogP contribution is 2.41. The van der Waals surface area contributed by atoms with Crippen molar-refractivity contribution in [3.63, 3.8) is 0 Å². The summed E-state index contributed by atoms with van der Waals surface area (Å²) in [5.74, 6) is 0.830. The molecular weight excluding hydrogens is 212 g/mol. The van der Waals surface area contributed by atoms with Gasteiger partial charge < -0.3 is 10.5 Å². The quantitative estimate of drug-likeness (QED) is 0.772. The average Bonchev–Trinajstić information content (AvgIpc) is 3.14. The average molecular weight is 240 g/mol. The highest BCUT2D eigenvalue weighted by Gasteiger charge is 2.44. The van der Waals surface area contributed by atoms with Crippen molar-refractivity contribution in [2.24, 2.45) is 11.7 Å². The van der Waals surface area contributed by atoms with E-state index in [-0.39, 0.29) is 5.54 Å². The third-order valence-electron chi connectivity index (χ3n) is 4.58. The fourth-order valence-electron chi connectivity index (χ4n) is 3.58. The van der Waals surface area contributed by atoms with Crippen LogP contribution in [0.4, 0.5) is 0 Å². The minimum Gasteiger partial charge on any atom is -0.383 e. The molecule has 0 amide bonds. The van der Waals surface area contributed by atoms with Crippen LogP contribution in [-0.4, -0.2) is 43.3 Å². The van der Waals surface area contributed by atoms with Crippen LogP contribution in [-0.2, 0) is 4.74 Å². The molecule has 2 rings (SSSR count). The van der Waals surface area contributed by atoms with Crippen LogP contribution in [0.15, 0.2) is 0 Å². The van der Waals surface area contributed by atoms with Gasteiger partial charge in [-0.1, -0.05) is 19.8 Å². The molecule has 2 saturated carbocycles. The maximum Gasteiger partial charge on any atom is 0.0590 e. The molecular formula is C14H28N2O. The van der Waals surface area contributed by atoms with Gasteiger partial charge in [0.1, 0.15) is 0 Å². The van der Waals surface area contributed by atoms with Crippen molar-refractivity contribution in [1.82, 2.24) is 4.90 Å². The largest absolute Gasteiger partial charge is 0.383 e. The second kappa shape index (κ2) is 5.68. The van der Waals surface area contributed by atoms with Gasteiger partial charge in [-0.3, -0.25) is 4.90 Å². The molecule has 0 aromatic rings. The Balaban J connectivity index is 2.06. The Hall–Kier alpha value is -0.120. The van der Waals surface area contributed by atoms with Crippen LogP contribution in [0.1, 0.15) is 45.4 Å². The molecule has 0 saturated heterocycles. The summed E-state index contributed by atoms with van der Waals surface area (Å²) in [5.41, 5.74) is 6.43. The lowest BCUT2D eigenvalue weighted by Gasteiger charge is -2.48. The highest BCUT2D eigenvalue weighted by atomic mass is 16.5. The number of hydrogen-bond acceptors (Lipinski definition) is 3. The molecule has 2 atom stereocenters. The predicted molar refractivity (Wildman–Crippen MR) is 71.0 cm³/mol. The monoisotopic (exact) mass is 240 g/mol. The molecule has 100 valence electrons. The van der Waals surface area contributed by atoms with E-state index >= 15 is 0 Å². The molecule has 0 aromatic carbocycles. The summed E-state index contributed by atoms with van der Waals surface area (Å²) in [6, 6.07) is 0.791. The number of hydrogen-bond donors (Lipinski definition) is 1. The lowest BCUT2D eigenvalue weighted by molar-refractivity contribution is 0.0133. The van der Waals surface area contributed by atoms with E-state index in [0.717, 1.165) is 31.7 Å². The van der Waals surface area contributed by atoms with Gasteiger partial charge in [0, 0.05) is 31.8 Å². The number of nitrogens with zero attached hydrogens (tertiary/aromatic N) is 1. The fourth-order valence-corrected chi connectivity index (χ4v) is 3.58. The van der Waals surface area contributed by atoms with E-state index in [1.54, 1.807) is 7.11 Å². The summed E-state index contributed by atoms with van der Waals surface area (Å²) in [7, 11) is 1.80. The van der Waals surface area contributed by atoms with Gasteiger partial charge in [0.25, 0.3) is 0 Å². The third-order valence-corrected chi connectivity index (χ3v) is 4.58. The predicted octanol–water partition coefficient (Wildman–Crippen LogP) is 2.00. The Labute approximate surface area is 106 Å². The fraction of sp³-hybridized carbons (Fsp3) is 1.00. The normalized spacial score (nSPS) is 34.2. The molecule has 0 heterocycles. The topological polar surface area (TPSA) is 38.5 Å².